The molecule has 0 saturated heterocycles. The van der Waals surface area contributed by atoms with Gasteiger partial charge in [0.25, 0.3) is 0 Å². The summed E-state index contributed by atoms with van der Waals surface area (Å²) in [6.07, 6.45) is 1.08. The average molecular weight is 290 g/mol. The molecular weight excluding hydrogens is 274 g/mol. The quantitative estimate of drug-likeness (QED) is 0.855. The predicted molar refractivity (Wildman–Crippen MR) is 73.5 cm³/mol. The van der Waals surface area contributed by atoms with Crippen molar-refractivity contribution in [3.8, 4) is 0 Å². The highest BCUT2D eigenvalue weighted by atomic mass is 35.5. The molecule has 0 aliphatic rings. The molecule has 6 heteroatoms. The Labute approximate surface area is 113 Å². The number of nitrogens with zero attached hydrogens (tertiary/aromatic N) is 1. The number of ketones is 1. The average Bonchev–Trinajstić information content (AvgIpc) is 2.18. The van der Waals surface area contributed by atoms with Gasteiger partial charge in [-0.2, -0.15) is 0 Å². The largest absolute Gasteiger partial charge is 0.297 e. The lowest BCUT2D eigenvalue weighted by Crippen LogP contribution is -2.52. The topological polar surface area (TPSA) is 54.5 Å². The molecule has 1 aromatic rings. The van der Waals surface area contributed by atoms with Gasteiger partial charge in [0.05, 0.1) is 11.9 Å². The first-order chi connectivity index (χ1) is 8.06. The molecule has 1 rings (SSSR count). The summed E-state index contributed by atoms with van der Waals surface area (Å²) in [6.45, 7) is 4.52. The van der Waals surface area contributed by atoms with Crippen molar-refractivity contribution >= 4 is 33.1 Å². The van der Waals surface area contributed by atoms with Gasteiger partial charge < -0.3 is 0 Å². The van der Waals surface area contributed by atoms with Crippen LogP contribution in [-0.2, 0) is 14.8 Å². The number of Topliss-reactive ketones (excluding diaryl/α,β-unsaturated/α-hetero) is 1. The second-order valence-electron chi connectivity index (χ2n) is 4.62. The summed E-state index contributed by atoms with van der Waals surface area (Å²) in [4.78, 5) is 11.7. The van der Waals surface area contributed by atoms with Gasteiger partial charge in [0, 0.05) is 5.02 Å². The Balaban J connectivity index is 3.41. The normalized spacial score (nSPS) is 12.3. The standard InChI is InChI=1S/C12H16ClNO3S/c1-9(15)12(2,3)14(18(4,16)17)11-7-5-10(13)6-8-11/h5-8H,1-4H3. The summed E-state index contributed by atoms with van der Waals surface area (Å²) in [7, 11) is -3.56. The number of benzene rings is 1. The lowest BCUT2D eigenvalue weighted by molar-refractivity contribution is -0.120. The van der Waals surface area contributed by atoms with Crippen molar-refractivity contribution < 1.29 is 13.2 Å². The Morgan fingerprint density at radius 3 is 2.00 bits per heavy atom. The van der Waals surface area contributed by atoms with E-state index in [9.17, 15) is 13.2 Å². The first kappa shape index (κ1) is 15.0. The van der Waals surface area contributed by atoms with Crippen LogP contribution in [0.2, 0.25) is 5.02 Å². The van der Waals surface area contributed by atoms with Crippen molar-refractivity contribution in [2.45, 2.75) is 26.3 Å². The van der Waals surface area contributed by atoms with E-state index in [0.717, 1.165) is 10.6 Å². The van der Waals surface area contributed by atoms with Crippen LogP contribution in [0.3, 0.4) is 0 Å². The number of rotatable bonds is 4. The van der Waals surface area contributed by atoms with Gasteiger partial charge in [0.2, 0.25) is 10.0 Å². The molecule has 0 atom stereocenters. The molecule has 18 heavy (non-hydrogen) atoms. The van der Waals surface area contributed by atoms with E-state index in [1.165, 1.54) is 6.92 Å². The molecule has 0 aliphatic heterocycles. The minimum Gasteiger partial charge on any atom is -0.297 e. The summed E-state index contributed by atoms with van der Waals surface area (Å²) in [5.74, 6) is -0.233. The smallest absolute Gasteiger partial charge is 0.233 e. The molecule has 0 N–H and O–H groups in total. The molecule has 0 heterocycles. The van der Waals surface area contributed by atoms with Crippen LogP contribution >= 0.6 is 11.6 Å². The number of anilines is 1. The molecule has 4 nitrogen and oxygen atoms in total. The zero-order valence-corrected chi connectivity index (χ0v) is 12.3. The number of carbonyl (C=O) groups excluding carboxylic acids is 1. The van der Waals surface area contributed by atoms with Gasteiger partial charge in [-0.3, -0.25) is 9.10 Å². The minimum absolute atomic E-state index is 0.233. The fourth-order valence-corrected chi connectivity index (χ4v) is 3.24. The predicted octanol–water partition coefficient (Wildman–Crippen LogP) is 2.47. The molecule has 0 saturated carbocycles. The van der Waals surface area contributed by atoms with Crippen LogP contribution in [0.4, 0.5) is 5.69 Å². The number of sulfonamides is 1. The van der Waals surface area contributed by atoms with Crippen LogP contribution in [0, 0.1) is 0 Å². The summed E-state index contributed by atoms with van der Waals surface area (Å²) in [6, 6.07) is 6.33. The van der Waals surface area contributed by atoms with Gasteiger partial charge >= 0.3 is 0 Å². The molecule has 1 aromatic carbocycles. The van der Waals surface area contributed by atoms with Crippen molar-refractivity contribution in [3.05, 3.63) is 29.3 Å². The third kappa shape index (κ3) is 3.03. The van der Waals surface area contributed by atoms with Crippen LogP contribution in [0.25, 0.3) is 0 Å². The fraction of sp³-hybridized carbons (Fsp3) is 0.417. The number of hydrogen-bond acceptors (Lipinski definition) is 3. The van der Waals surface area contributed by atoms with Crippen LogP contribution < -0.4 is 4.31 Å². The Morgan fingerprint density at radius 2 is 1.67 bits per heavy atom. The zero-order chi connectivity index (χ0) is 14.1. The molecule has 0 amide bonds. The number of halogens is 1. The summed E-state index contributed by atoms with van der Waals surface area (Å²) < 4.78 is 24.9. The molecule has 100 valence electrons. The van der Waals surface area contributed by atoms with E-state index in [4.69, 9.17) is 11.6 Å². The molecule has 0 aromatic heterocycles. The molecule has 0 aliphatic carbocycles. The van der Waals surface area contributed by atoms with Crippen LogP contribution in [-0.4, -0.2) is 26.0 Å². The van der Waals surface area contributed by atoms with Crippen molar-refractivity contribution in [2.75, 3.05) is 10.6 Å². The van der Waals surface area contributed by atoms with Gasteiger partial charge in [-0.05, 0) is 45.0 Å². The SMILES string of the molecule is CC(=O)C(C)(C)N(c1ccc(Cl)cc1)S(C)(=O)=O. The summed E-state index contributed by atoms with van der Waals surface area (Å²) >= 11 is 5.77. The molecule has 0 spiro atoms. The first-order valence-electron chi connectivity index (χ1n) is 5.34. The second kappa shape index (κ2) is 4.90. The van der Waals surface area contributed by atoms with Gasteiger partial charge in [-0.25, -0.2) is 8.42 Å². The number of carbonyl (C=O) groups is 1. The molecule has 0 radical (unpaired) electrons. The van der Waals surface area contributed by atoms with Crippen molar-refractivity contribution in [1.82, 2.24) is 0 Å². The van der Waals surface area contributed by atoms with Gasteiger partial charge in [-0.1, -0.05) is 11.6 Å². The first-order valence-corrected chi connectivity index (χ1v) is 7.56. The van der Waals surface area contributed by atoms with Crippen molar-refractivity contribution in [3.63, 3.8) is 0 Å². The van der Waals surface area contributed by atoms with E-state index in [1.807, 2.05) is 0 Å². The third-order valence-corrected chi connectivity index (χ3v) is 4.34. The Hall–Kier alpha value is -1.07. The monoisotopic (exact) mass is 289 g/mol. The van der Waals surface area contributed by atoms with Crippen molar-refractivity contribution in [1.29, 1.82) is 0 Å². The van der Waals surface area contributed by atoms with Crippen molar-refractivity contribution in [2.24, 2.45) is 0 Å². The molecule has 0 fully saturated rings. The Kier molecular flexibility index (Phi) is 4.08. The molecule has 0 bridgehead atoms. The summed E-state index contributed by atoms with van der Waals surface area (Å²) in [5.41, 5.74) is -0.719. The maximum Gasteiger partial charge on any atom is 0.233 e. The molecule has 0 unspecified atom stereocenters. The maximum absolute atomic E-state index is 11.9. The van der Waals surface area contributed by atoms with Crippen LogP contribution in [0.5, 0.6) is 0 Å². The van der Waals surface area contributed by atoms with Crippen LogP contribution in [0.1, 0.15) is 20.8 Å². The van der Waals surface area contributed by atoms with E-state index in [1.54, 1.807) is 38.1 Å². The Bertz CT molecular complexity index is 549. The molecular formula is C12H16ClNO3S. The third-order valence-electron chi connectivity index (χ3n) is 2.76. The lowest BCUT2D eigenvalue weighted by atomic mass is 10.00. The van der Waals surface area contributed by atoms with Gasteiger partial charge in [0.1, 0.15) is 5.54 Å². The fourth-order valence-electron chi connectivity index (χ4n) is 1.65. The summed E-state index contributed by atoms with van der Waals surface area (Å²) in [5, 5.41) is 0.507. The van der Waals surface area contributed by atoms with E-state index >= 15 is 0 Å². The maximum atomic E-state index is 11.9. The second-order valence-corrected chi connectivity index (χ2v) is 6.89. The van der Waals surface area contributed by atoms with Gasteiger partial charge in [-0.15, -0.1) is 0 Å². The van der Waals surface area contributed by atoms with E-state index in [2.05, 4.69) is 0 Å². The highest BCUT2D eigenvalue weighted by Crippen LogP contribution is 2.28. The van der Waals surface area contributed by atoms with Crippen LogP contribution in [0.15, 0.2) is 24.3 Å². The van der Waals surface area contributed by atoms with Gasteiger partial charge in [0.15, 0.2) is 5.78 Å². The number of hydrogen-bond donors (Lipinski definition) is 0. The highest BCUT2D eigenvalue weighted by Gasteiger charge is 2.37. The minimum atomic E-state index is -3.56. The van der Waals surface area contributed by atoms with E-state index in [-0.39, 0.29) is 5.78 Å². The lowest BCUT2D eigenvalue weighted by Gasteiger charge is -2.36. The van der Waals surface area contributed by atoms with E-state index < -0.39 is 15.6 Å². The van der Waals surface area contributed by atoms with E-state index in [0.29, 0.717) is 10.7 Å². The zero-order valence-electron chi connectivity index (χ0n) is 10.8. The highest BCUT2D eigenvalue weighted by molar-refractivity contribution is 7.92. The Morgan fingerprint density at radius 1 is 1.22 bits per heavy atom.